The average molecular weight is 341 g/mol. The highest BCUT2D eigenvalue weighted by atomic mass is 32.2. The Bertz CT molecular complexity index is 957. The molecule has 0 fully saturated rings. The number of hydrogen-bond donors (Lipinski definition) is 0. The van der Waals surface area contributed by atoms with E-state index in [1.165, 1.54) is 12.1 Å². The maximum atomic E-state index is 13.0. The van der Waals surface area contributed by atoms with Crippen LogP contribution in [0.25, 0.3) is 10.8 Å². The number of aliphatic imine (C=N–C) groups is 1. The van der Waals surface area contributed by atoms with E-state index in [0.717, 1.165) is 17.3 Å². The molecule has 1 aliphatic rings. The Kier molecular flexibility index (Phi) is 3.17. The second-order valence-electron chi connectivity index (χ2n) is 6.09. The van der Waals surface area contributed by atoms with Crippen LogP contribution in [0.1, 0.15) is 26.3 Å². The summed E-state index contributed by atoms with van der Waals surface area (Å²) in [7, 11) is -5.45. The molecule has 122 valence electrons. The highest BCUT2D eigenvalue weighted by molar-refractivity contribution is 7.92. The number of hydrogen-bond acceptors (Lipinski definition) is 3. The van der Waals surface area contributed by atoms with Crippen molar-refractivity contribution in [3.63, 3.8) is 0 Å². The molecular weight excluding hydrogens is 327 g/mol. The second kappa shape index (κ2) is 4.56. The first-order chi connectivity index (χ1) is 10.5. The maximum absolute atomic E-state index is 13.0. The summed E-state index contributed by atoms with van der Waals surface area (Å²) in [5.74, 6) is 0. The molecule has 1 heterocycles. The van der Waals surface area contributed by atoms with E-state index in [4.69, 9.17) is 0 Å². The molecular formula is C16H14F3NO2S. The van der Waals surface area contributed by atoms with Gasteiger partial charge in [0.15, 0.2) is 0 Å². The van der Waals surface area contributed by atoms with Gasteiger partial charge in [0.25, 0.3) is 9.84 Å². The maximum Gasteiger partial charge on any atom is 0.501 e. The standard InChI is InChI=1S/C16H14F3NO2S/c1-9-15(2,3)14-11-7-5-4-6-10(11)13(8-12(14)20-9)23(21,22)16(17,18)19/h4-8H,1-3H3. The van der Waals surface area contributed by atoms with E-state index in [2.05, 4.69) is 4.99 Å². The molecule has 0 saturated carbocycles. The highest BCUT2D eigenvalue weighted by Gasteiger charge is 2.48. The Morgan fingerprint density at radius 2 is 1.65 bits per heavy atom. The Morgan fingerprint density at radius 1 is 1.09 bits per heavy atom. The molecule has 0 atom stereocenters. The summed E-state index contributed by atoms with van der Waals surface area (Å²) in [6.07, 6.45) is 0. The number of nitrogens with zero attached hydrogens (tertiary/aromatic N) is 1. The van der Waals surface area contributed by atoms with Gasteiger partial charge in [-0.1, -0.05) is 38.1 Å². The average Bonchev–Trinajstić information content (AvgIpc) is 2.67. The summed E-state index contributed by atoms with van der Waals surface area (Å²) in [4.78, 5) is 3.55. The summed E-state index contributed by atoms with van der Waals surface area (Å²) in [5, 5.41) is 0.556. The van der Waals surface area contributed by atoms with Crippen molar-refractivity contribution in [3.05, 3.63) is 35.9 Å². The molecule has 2 aromatic rings. The van der Waals surface area contributed by atoms with Crippen LogP contribution in [0.5, 0.6) is 0 Å². The van der Waals surface area contributed by atoms with E-state index in [0.29, 0.717) is 5.39 Å². The van der Waals surface area contributed by atoms with Crippen LogP contribution < -0.4 is 0 Å². The summed E-state index contributed by atoms with van der Waals surface area (Å²) in [6, 6.07) is 7.28. The van der Waals surface area contributed by atoms with Crippen molar-refractivity contribution >= 4 is 32.0 Å². The molecule has 0 aromatic heterocycles. The number of halogens is 3. The van der Waals surface area contributed by atoms with E-state index in [1.54, 1.807) is 19.1 Å². The molecule has 0 bridgehead atoms. The van der Waals surface area contributed by atoms with Gasteiger partial charge < -0.3 is 0 Å². The largest absolute Gasteiger partial charge is 0.501 e. The molecule has 1 aliphatic heterocycles. The summed E-state index contributed by atoms with van der Waals surface area (Å²) in [6.45, 7) is 5.62. The lowest BCUT2D eigenvalue weighted by atomic mass is 9.80. The van der Waals surface area contributed by atoms with Crippen LogP contribution in [-0.4, -0.2) is 19.6 Å². The van der Waals surface area contributed by atoms with Crippen LogP contribution in [0.3, 0.4) is 0 Å². The van der Waals surface area contributed by atoms with E-state index < -0.39 is 25.7 Å². The number of rotatable bonds is 1. The normalized spacial score (nSPS) is 17.2. The van der Waals surface area contributed by atoms with Gasteiger partial charge in [0.1, 0.15) is 0 Å². The zero-order valence-corrected chi connectivity index (χ0v) is 13.5. The third-order valence-electron chi connectivity index (χ3n) is 4.40. The lowest BCUT2D eigenvalue weighted by Gasteiger charge is -2.23. The zero-order valence-electron chi connectivity index (χ0n) is 12.7. The summed E-state index contributed by atoms with van der Waals surface area (Å²) >= 11 is 0. The zero-order chi connectivity index (χ0) is 17.2. The third kappa shape index (κ3) is 2.09. The quantitative estimate of drug-likeness (QED) is 0.766. The lowest BCUT2D eigenvalue weighted by molar-refractivity contribution is -0.0435. The van der Waals surface area contributed by atoms with Gasteiger partial charge in [-0.25, -0.2) is 8.42 Å². The first kappa shape index (κ1) is 16.0. The minimum absolute atomic E-state index is 0.0709. The van der Waals surface area contributed by atoms with Crippen LogP contribution in [-0.2, 0) is 15.3 Å². The number of sulfone groups is 1. The third-order valence-corrected chi connectivity index (χ3v) is 5.92. The minimum atomic E-state index is -5.45. The number of alkyl halides is 3. The molecule has 3 nitrogen and oxygen atoms in total. The molecule has 2 aromatic carbocycles. The van der Waals surface area contributed by atoms with E-state index in [9.17, 15) is 21.6 Å². The highest BCUT2D eigenvalue weighted by Crippen LogP contribution is 2.47. The van der Waals surface area contributed by atoms with Crippen molar-refractivity contribution in [3.8, 4) is 0 Å². The SMILES string of the molecule is CC1=Nc2cc(S(=O)(=O)C(F)(F)F)c3ccccc3c2C1(C)C. The molecule has 0 unspecified atom stereocenters. The van der Waals surface area contributed by atoms with Gasteiger partial charge in [-0.05, 0) is 23.9 Å². The van der Waals surface area contributed by atoms with E-state index >= 15 is 0 Å². The van der Waals surface area contributed by atoms with Crippen LogP contribution in [0.4, 0.5) is 18.9 Å². The van der Waals surface area contributed by atoms with Crippen molar-refractivity contribution < 1.29 is 21.6 Å². The molecule has 23 heavy (non-hydrogen) atoms. The topological polar surface area (TPSA) is 46.5 Å². The number of fused-ring (bicyclic) bond motifs is 3. The van der Waals surface area contributed by atoms with Gasteiger partial charge in [-0.2, -0.15) is 13.2 Å². The van der Waals surface area contributed by atoms with Gasteiger partial charge in [0, 0.05) is 16.5 Å². The van der Waals surface area contributed by atoms with Crippen molar-refractivity contribution in [2.45, 2.75) is 36.6 Å². The van der Waals surface area contributed by atoms with Crippen molar-refractivity contribution in [1.29, 1.82) is 0 Å². The van der Waals surface area contributed by atoms with E-state index in [1.807, 2.05) is 13.8 Å². The fourth-order valence-electron chi connectivity index (χ4n) is 2.92. The fraction of sp³-hybridized carbons (Fsp3) is 0.312. The van der Waals surface area contributed by atoms with Crippen molar-refractivity contribution in [2.75, 3.05) is 0 Å². The fourth-order valence-corrected chi connectivity index (χ4v) is 3.91. The molecule has 0 amide bonds. The van der Waals surface area contributed by atoms with Gasteiger partial charge in [0.2, 0.25) is 0 Å². The number of benzene rings is 2. The van der Waals surface area contributed by atoms with Gasteiger partial charge >= 0.3 is 5.51 Å². The van der Waals surface area contributed by atoms with Crippen molar-refractivity contribution in [2.24, 2.45) is 4.99 Å². The van der Waals surface area contributed by atoms with Gasteiger partial charge in [-0.15, -0.1) is 0 Å². The first-order valence-corrected chi connectivity index (χ1v) is 8.39. The van der Waals surface area contributed by atoms with Crippen LogP contribution in [0, 0.1) is 0 Å². The Morgan fingerprint density at radius 3 is 2.22 bits per heavy atom. The molecule has 0 spiro atoms. The van der Waals surface area contributed by atoms with Gasteiger partial charge in [-0.3, -0.25) is 4.99 Å². The van der Waals surface area contributed by atoms with Crippen LogP contribution >= 0.6 is 0 Å². The molecule has 0 saturated heterocycles. The smallest absolute Gasteiger partial charge is 0.257 e. The van der Waals surface area contributed by atoms with Crippen LogP contribution in [0.15, 0.2) is 40.2 Å². The predicted molar refractivity (Wildman–Crippen MR) is 83.0 cm³/mol. The minimum Gasteiger partial charge on any atom is -0.257 e. The molecule has 0 aliphatic carbocycles. The van der Waals surface area contributed by atoms with E-state index in [-0.39, 0.29) is 11.1 Å². The Hall–Kier alpha value is -1.89. The Labute approximate surface area is 131 Å². The summed E-state index contributed by atoms with van der Waals surface area (Å²) < 4.78 is 62.9. The molecule has 7 heteroatoms. The van der Waals surface area contributed by atoms with Gasteiger partial charge in [0.05, 0.1) is 10.6 Å². The monoisotopic (exact) mass is 341 g/mol. The lowest BCUT2D eigenvalue weighted by Crippen LogP contribution is -2.25. The van der Waals surface area contributed by atoms with Crippen LogP contribution in [0.2, 0.25) is 0 Å². The predicted octanol–water partition coefficient (Wildman–Crippen LogP) is 4.52. The first-order valence-electron chi connectivity index (χ1n) is 6.91. The molecule has 3 rings (SSSR count). The second-order valence-corrected chi connectivity index (χ2v) is 8.00. The molecule has 0 radical (unpaired) electrons. The summed E-state index contributed by atoms with van der Waals surface area (Å²) in [5.41, 5.74) is -4.04. The Balaban J connectivity index is 2.48. The molecule has 0 N–H and O–H groups in total. The van der Waals surface area contributed by atoms with Crippen molar-refractivity contribution in [1.82, 2.24) is 0 Å².